The molecule has 4 rings (SSSR count). The fourth-order valence-electron chi connectivity index (χ4n) is 3.14. The Hall–Kier alpha value is -3.67. The van der Waals surface area contributed by atoms with Crippen LogP contribution < -0.4 is 15.2 Å². The second kappa shape index (κ2) is 7.52. The van der Waals surface area contributed by atoms with Gasteiger partial charge in [-0.2, -0.15) is 0 Å². The molecule has 6 heteroatoms. The third-order valence-electron chi connectivity index (χ3n) is 4.60. The molecule has 28 heavy (non-hydrogen) atoms. The third kappa shape index (κ3) is 3.57. The van der Waals surface area contributed by atoms with Crippen LogP contribution in [0, 0.1) is 0 Å². The van der Waals surface area contributed by atoms with Gasteiger partial charge in [0.2, 0.25) is 5.91 Å². The van der Waals surface area contributed by atoms with Crippen LogP contribution in [0.1, 0.15) is 44.4 Å². The number of hydrogen-bond acceptors (Lipinski definition) is 5. The van der Waals surface area contributed by atoms with E-state index in [0.717, 1.165) is 11.1 Å². The van der Waals surface area contributed by atoms with Gasteiger partial charge in [0, 0.05) is 30.4 Å². The number of primary amides is 1. The normalized spacial score (nSPS) is 13.9. The van der Waals surface area contributed by atoms with E-state index >= 15 is 0 Å². The molecule has 0 spiro atoms. The first-order chi connectivity index (χ1) is 13.6. The molecule has 3 aromatic rings. The Morgan fingerprint density at radius 2 is 1.75 bits per heavy atom. The molecule has 0 bridgehead atoms. The number of carbonyl (C=O) groups excluding carboxylic acids is 2. The van der Waals surface area contributed by atoms with Crippen molar-refractivity contribution < 1.29 is 19.1 Å². The smallest absolute Gasteiger partial charge is 0.248 e. The summed E-state index contributed by atoms with van der Waals surface area (Å²) in [5, 5.41) is 0. The summed E-state index contributed by atoms with van der Waals surface area (Å²) in [6.45, 7) is 0.373. The predicted octanol–water partition coefficient (Wildman–Crippen LogP) is 3.31. The number of nitrogens with two attached hydrogens (primary N) is 1. The van der Waals surface area contributed by atoms with Crippen LogP contribution >= 0.6 is 0 Å². The molecule has 0 saturated carbocycles. The van der Waals surface area contributed by atoms with Crippen molar-refractivity contribution in [2.45, 2.75) is 12.5 Å². The van der Waals surface area contributed by atoms with Crippen LogP contribution in [-0.2, 0) is 0 Å². The molecule has 1 aliphatic rings. The Labute approximate surface area is 161 Å². The van der Waals surface area contributed by atoms with Crippen LogP contribution in [0.4, 0.5) is 0 Å². The molecule has 0 fully saturated rings. The summed E-state index contributed by atoms with van der Waals surface area (Å²) < 4.78 is 11.9. The Morgan fingerprint density at radius 3 is 2.46 bits per heavy atom. The Kier molecular flexibility index (Phi) is 4.76. The highest BCUT2D eigenvalue weighted by Gasteiger charge is 2.21. The number of ether oxygens (including phenoxy) is 2. The van der Waals surface area contributed by atoms with Gasteiger partial charge in [0.25, 0.3) is 0 Å². The minimum absolute atomic E-state index is 0.0699. The average Bonchev–Trinajstić information content (AvgIpc) is 2.73. The molecule has 1 aliphatic heterocycles. The first-order valence-electron chi connectivity index (χ1n) is 8.88. The molecule has 6 nitrogen and oxygen atoms in total. The number of hydrogen-bond donors (Lipinski definition) is 1. The number of pyridine rings is 1. The van der Waals surface area contributed by atoms with Crippen molar-refractivity contribution in [2.24, 2.45) is 5.73 Å². The van der Waals surface area contributed by atoms with Gasteiger partial charge in [0.05, 0.1) is 12.2 Å². The molecule has 0 aliphatic carbocycles. The summed E-state index contributed by atoms with van der Waals surface area (Å²) in [5.74, 6) is 0.700. The van der Waals surface area contributed by atoms with Gasteiger partial charge < -0.3 is 15.2 Å². The van der Waals surface area contributed by atoms with E-state index in [1.54, 1.807) is 42.7 Å². The minimum atomic E-state index is -0.482. The van der Waals surface area contributed by atoms with Crippen molar-refractivity contribution in [1.82, 2.24) is 4.98 Å². The molecule has 140 valence electrons. The van der Waals surface area contributed by atoms with Crippen LogP contribution in [0.15, 0.2) is 67.0 Å². The Morgan fingerprint density at radius 1 is 1.04 bits per heavy atom. The van der Waals surface area contributed by atoms with Crippen LogP contribution in [0.2, 0.25) is 0 Å². The van der Waals surface area contributed by atoms with Crippen molar-refractivity contribution in [2.75, 3.05) is 6.61 Å². The molecule has 1 atom stereocenters. The third-order valence-corrected chi connectivity index (χ3v) is 4.60. The Balaban J connectivity index is 1.68. The number of carbonyl (C=O) groups is 2. The fraction of sp³-hybridized carbons (Fsp3) is 0.136. The van der Waals surface area contributed by atoms with Crippen LogP contribution in [0.5, 0.6) is 11.5 Å². The van der Waals surface area contributed by atoms with E-state index in [2.05, 4.69) is 4.98 Å². The maximum Gasteiger partial charge on any atom is 0.248 e. The van der Waals surface area contributed by atoms with Crippen molar-refractivity contribution in [1.29, 1.82) is 0 Å². The second-order valence-electron chi connectivity index (χ2n) is 6.44. The van der Waals surface area contributed by atoms with Crippen molar-refractivity contribution in [3.05, 3.63) is 89.2 Å². The van der Waals surface area contributed by atoms with Gasteiger partial charge in [-0.15, -0.1) is 0 Å². The van der Waals surface area contributed by atoms with E-state index in [1.165, 1.54) is 0 Å². The molecule has 0 unspecified atom stereocenters. The number of fused-ring (bicyclic) bond motifs is 1. The number of aromatic nitrogens is 1. The van der Waals surface area contributed by atoms with Gasteiger partial charge in [-0.3, -0.25) is 14.6 Å². The summed E-state index contributed by atoms with van der Waals surface area (Å²) in [5.41, 5.74) is 8.09. The average molecular weight is 374 g/mol. The summed E-state index contributed by atoms with van der Waals surface area (Å²) in [6.07, 6.45) is 3.34. The summed E-state index contributed by atoms with van der Waals surface area (Å²) in [4.78, 5) is 27.4. The molecule has 1 aromatic heterocycles. The van der Waals surface area contributed by atoms with E-state index in [-0.39, 0.29) is 5.78 Å². The molecule has 1 amide bonds. The van der Waals surface area contributed by atoms with Gasteiger partial charge in [-0.25, -0.2) is 0 Å². The SMILES string of the molecule is NC(=O)c1ccc([C@@H](Oc2ccc3c(c2)OCCC3=O)c2ccncc2)cc1. The number of benzene rings is 2. The number of Topliss-reactive ketones (excluding diaryl/α,β-unsaturated/α-hetero) is 1. The zero-order valence-corrected chi connectivity index (χ0v) is 15.0. The molecule has 2 heterocycles. The maximum atomic E-state index is 12.0. The molecular formula is C22H18N2O4. The lowest BCUT2D eigenvalue weighted by Gasteiger charge is -2.22. The quantitative estimate of drug-likeness (QED) is 0.740. The van der Waals surface area contributed by atoms with Gasteiger partial charge >= 0.3 is 0 Å². The summed E-state index contributed by atoms with van der Waals surface area (Å²) in [6, 6.07) is 15.9. The second-order valence-corrected chi connectivity index (χ2v) is 6.44. The van der Waals surface area contributed by atoms with Gasteiger partial charge in [0.15, 0.2) is 5.78 Å². The topological polar surface area (TPSA) is 91.5 Å². The lowest BCUT2D eigenvalue weighted by molar-refractivity contribution is 0.0932. The van der Waals surface area contributed by atoms with E-state index in [4.69, 9.17) is 15.2 Å². The Bertz CT molecular complexity index is 1020. The van der Waals surface area contributed by atoms with Gasteiger partial charge in [-0.1, -0.05) is 12.1 Å². The number of ketones is 1. The van der Waals surface area contributed by atoms with Gasteiger partial charge in [-0.05, 0) is 47.5 Å². The number of rotatable bonds is 5. The first-order valence-corrected chi connectivity index (χ1v) is 8.88. The van der Waals surface area contributed by atoms with Gasteiger partial charge in [0.1, 0.15) is 17.6 Å². The summed E-state index contributed by atoms with van der Waals surface area (Å²) >= 11 is 0. The molecular weight excluding hydrogens is 356 g/mol. The van der Waals surface area contributed by atoms with E-state index < -0.39 is 12.0 Å². The number of nitrogens with zero attached hydrogens (tertiary/aromatic N) is 1. The monoisotopic (exact) mass is 374 g/mol. The van der Waals surface area contributed by atoms with Crippen molar-refractivity contribution >= 4 is 11.7 Å². The highest BCUT2D eigenvalue weighted by Crippen LogP contribution is 2.33. The highest BCUT2D eigenvalue weighted by molar-refractivity contribution is 5.99. The summed E-state index contributed by atoms with van der Waals surface area (Å²) in [7, 11) is 0. The zero-order valence-electron chi connectivity index (χ0n) is 15.0. The van der Waals surface area contributed by atoms with Crippen molar-refractivity contribution in [3.8, 4) is 11.5 Å². The van der Waals surface area contributed by atoms with Crippen LogP contribution in [0.25, 0.3) is 0 Å². The lowest BCUT2D eigenvalue weighted by Crippen LogP contribution is -2.16. The van der Waals surface area contributed by atoms with Crippen molar-refractivity contribution in [3.63, 3.8) is 0 Å². The molecule has 0 saturated heterocycles. The molecule has 2 N–H and O–H groups in total. The molecule has 0 radical (unpaired) electrons. The highest BCUT2D eigenvalue weighted by atomic mass is 16.5. The van der Waals surface area contributed by atoms with E-state index in [1.807, 2.05) is 24.3 Å². The maximum absolute atomic E-state index is 12.0. The minimum Gasteiger partial charge on any atom is -0.492 e. The van der Waals surface area contributed by atoms with E-state index in [0.29, 0.717) is 35.7 Å². The van der Waals surface area contributed by atoms with Crippen LogP contribution in [-0.4, -0.2) is 23.3 Å². The standard InChI is InChI=1S/C22H18N2O4/c23-22(26)16-3-1-14(2-4-16)21(15-7-10-24-11-8-15)28-17-5-6-18-19(25)9-12-27-20(18)13-17/h1-8,10-11,13,21H,9,12H2,(H2,23,26)/t21-/m1/s1. The largest absolute Gasteiger partial charge is 0.492 e. The van der Waals surface area contributed by atoms with E-state index in [9.17, 15) is 9.59 Å². The zero-order chi connectivity index (χ0) is 19.5. The lowest BCUT2D eigenvalue weighted by atomic mass is 10.0. The molecule has 2 aromatic carbocycles. The number of amides is 1. The van der Waals surface area contributed by atoms with Crippen LogP contribution in [0.3, 0.4) is 0 Å². The predicted molar refractivity (Wildman–Crippen MR) is 103 cm³/mol. The first kappa shape index (κ1) is 17.7. The fourth-order valence-corrected chi connectivity index (χ4v) is 3.14.